The normalized spacial score (nSPS) is 11.0. The van der Waals surface area contributed by atoms with E-state index in [1.165, 1.54) is 0 Å². The first-order valence-electron chi connectivity index (χ1n) is 7.44. The molecule has 2 amide bonds. The Morgan fingerprint density at radius 2 is 2.17 bits per heavy atom. The average molecular weight is 321 g/mol. The number of anilines is 1. The van der Waals surface area contributed by atoms with E-state index >= 15 is 0 Å². The van der Waals surface area contributed by atoms with Gasteiger partial charge in [0.05, 0.1) is 23.6 Å². The number of aromatic nitrogens is 5. The van der Waals surface area contributed by atoms with E-state index in [2.05, 4.69) is 25.7 Å². The molecular formula is C16H15N7O. The van der Waals surface area contributed by atoms with Gasteiger partial charge in [0.1, 0.15) is 0 Å². The maximum atomic E-state index is 12.1. The summed E-state index contributed by atoms with van der Waals surface area (Å²) in [5.41, 5.74) is 3.62. The summed E-state index contributed by atoms with van der Waals surface area (Å²) in [6.07, 6.45) is 4.98. The zero-order valence-corrected chi connectivity index (χ0v) is 13.0. The summed E-state index contributed by atoms with van der Waals surface area (Å²) in [6, 6.07) is 9.22. The minimum absolute atomic E-state index is 0.316. The lowest BCUT2D eigenvalue weighted by atomic mass is 10.2. The van der Waals surface area contributed by atoms with Gasteiger partial charge in [0.2, 0.25) is 0 Å². The molecule has 24 heavy (non-hydrogen) atoms. The molecule has 2 N–H and O–H groups in total. The summed E-state index contributed by atoms with van der Waals surface area (Å²) in [6.45, 7) is 0.405. The highest BCUT2D eigenvalue weighted by molar-refractivity contribution is 5.88. The monoisotopic (exact) mass is 321 g/mol. The predicted molar refractivity (Wildman–Crippen MR) is 89.6 cm³/mol. The molecule has 0 unspecified atom stereocenters. The predicted octanol–water partition coefficient (Wildman–Crippen LogP) is 1.94. The van der Waals surface area contributed by atoms with E-state index in [1.807, 2.05) is 35.9 Å². The Kier molecular flexibility index (Phi) is 3.34. The van der Waals surface area contributed by atoms with Gasteiger partial charge < -0.3 is 9.88 Å². The lowest BCUT2D eigenvalue weighted by Gasteiger charge is -2.07. The molecule has 3 aromatic heterocycles. The van der Waals surface area contributed by atoms with Crippen LogP contribution >= 0.6 is 0 Å². The number of benzene rings is 1. The average Bonchev–Trinajstić information content (AvgIpc) is 3.17. The standard InChI is InChI=1S/C16H15N7O/c1-22-10-19-12-7-11(4-5-13(12)22)8-18-16(24)21-15-9-17-14-3-2-6-20-23(14)15/h2-7,9-10H,8H2,1H3,(H2,18,21,24). The van der Waals surface area contributed by atoms with Crippen molar-refractivity contribution in [1.82, 2.24) is 29.5 Å². The van der Waals surface area contributed by atoms with Crippen molar-refractivity contribution in [2.24, 2.45) is 7.05 Å². The van der Waals surface area contributed by atoms with Crippen LogP contribution in [0.1, 0.15) is 5.56 Å². The first kappa shape index (κ1) is 14.2. The van der Waals surface area contributed by atoms with E-state index in [9.17, 15) is 4.79 Å². The summed E-state index contributed by atoms with van der Waals surface area (Å²) in [4.78, 5) is 20.6. The van der Waals surface area contributed by atoms with Gasteiger partial charge in [-0.1, -0.05) is 6.07 Å². The molecule has 0 radical (unpaired) electrons. The maximum absolute atomic E-state index is 12.1. The summed E-state index contributed by atoms with van der Waals surface area (Å²) < 4.78 is 3.52. The highest BCUT2D eigenvalue weighted by atomic mass is 16.2. The molecule has 1 aromatic carbocycles. The Labute approximate surface area is 137 Å². The third-order valence-electron chi connectivity index (χ3n) is 3.76. The van der Waals surface area contributed by atoms with E-state index in [0.29, 0.717) is 18.0 Å². The zero-order valence-electron chi connectivity index (χ0n) is 13.0. The molecule has 0 spiro atoms. The van der Waals surface area contributed by atoms with Crippen LogP contribution in [0.15, 0.2) is 49.1 Å². The number of carbonyl (C=O) groups excluding carboxylic acids is 1. The number of urea groups is 1. The summed E-state index contributed by atoms with van der Waals surface area (Å²) >= 11 is 0. The number of amides is 2. The van der Waals surface area contributed by atoms with Gasteiger partial charge in [-0.15, -0.1) is 0 Å². The Bertz CT molecular complexity index is 1030. The van der Waals surface area contributed by atoms with Crippen LogP contribution in [0.5, 0.6) is 0 Å². The lowest BCUT2D eigenvalue weighted by Crippen LogP contribution is -2.28. The first-order valence-corrected chi connectivity index (χ1v) is 7.44. The van der Waals surface area contributed by atoms with Gasteiger partial charge in [0.15, 0.2) is 11.5 Å². The molecule has 0 aliphatic rings. The van der Waals surface area contributed by atoms with Crippen molar-refractivity contribution in [3.63, 3.8) is 0 Å². The van der Waals surface area contributed by atoms with E-state index in [1.54, 1.807) is 29.3 Å². The molecule has 0 bridgehead atoms. The van der Waals surface area contributed by atoms with Crippen molar-refractivity contribution in [3.05, 3.63) is 54.6 Å². The molecule has 8 nitrogen and oxygen atoms in total. The maximum Gasteiger partial charge on any atom is 0.320 e. The van der Waals surface area contributed by atoms with Crippen LogP contribution in [0.25, 0.3) is 16.7 Å². The van der Waals surface area contributed by atoms with Crippen LogP contribution in [0.4, 0.5) is 10.6 Å². The SMILES string of the molecule is Cn1cnc2cc(CNC(=O)Nc3cnc4cccnn34)ccc21. The topological polar surface area (TPSA) is 89.1 Å². The molecule has 0 aliphatic carbocycles. The number of fused-ring (bicyclic) bond motifs is 2. The van der Waals surface area contributed by atoms with Gasteiger partial charge in [-0.05, 0) is 29.8 Å². The van der Waals surface area contributed by atoms with Crippen molar-refractivity contribution in [3.8, 4) is 0 Å². The van der Waals surface area contributed by atoms with Gasteiger partial charge in [0.25, 0.3) is 0 Å². The third-order valence-corrected chi connectivity index (χ3v) is 3.76. The number of hydrogen-bond acceptors (Lipinski definition) is 4. The number of rotatable bonds is 3. The zero-order chi connectivity index (χ0) is 16.5. The van der Waals surface area contributed by atoms with Crippen LogP contribution in [0.3, 0.4) is 0 Å². The summed E-state index contributed by atoms with van der Waals surface area (Å²) in [5, 5.41) is 9.71. The Balaban J connectivity index is 1.44. The van der Waals surface area contributed by atoms with E-state index in [0.717, 1.165) is 16.6 Å². The van der Waals surface area contributed by atoms with Crippen LogP contribution in [-0.2, 0) is 13.6 Å². The van der Waals surface area contributed by atoms with Crippen LogP contribution in [0.2, 0.25) is 0 Å². The summed E-state index contributed by atoms with van der Waals surface area (Å²) in [5.74, 6) is 0.517. The lowest BCUT2D eigenvalue weighted by molar-refractivity contribution is 0.251. The van der Waals surface area contributed by atoms with Gasteiger partial charge in [0, 0.05) is 19.8 Å². The van der Waals surface area contributed by atoms with Crippen molar-refractivity contribution in [1.29, 1.82) is 0 Å². The quantitative estimate of drug-likeness (QED) is 0.603. The van der Waals surface area contributed by atoms with Crippen molar-refractivity contribution in [2.75, 3.05) is 5.32 Å². The van der Waals surface area contributed by atoms with E-state index < -0.39 is 0 Å². The Hall–Kier alpha value is -3.42. The molecule has 4 rings (SSSR count). The largest absolute Gasteiger partial charge is 0.334 e. The van der Waals surface area contributed by atoms with Crippen molar-refractivity contribution < 1.29 is 4.79 Å². The molecule has 4 aromatic rings. The van der Waals surface area contributed by atoms with Crippen molar-refractivity contribution >= 4 is 28.5 Å². The van der Waals surface area contributed by atoms with Gasteiger partial charge >= 0.3 is 6.03 Å². The van der Waals surface area contributed by atoms with E-state index in [-0.39, 0.29) is 6.03 Å². The molecule has 0 aliphatic heterocycles. The van der Waals surface area contributed by atoms with Crippen molar-refractivity contribution in [2.45, 2.75) is 6.54 Å². The fraction of sp³-hybridized carbons (Fsp3) is 0.125. The highest BCUT2D eigenvalue weighted by Gasteiger charge is 2.08. The minimum atomic E-state index is -0.316. The molecule has 0 fully saturated rings. The molecule has 3 heterocycles. The second-order valence-corrected chi connectivity index (χ2v) is 5.42. The number of imidazole rings is 2. The number of carbonyl (C=O) groups is 1. The second-order valence-electron chi connectivity index (χ2n) is 5.42. The molecule has 0 saturated heterocycles. The first-order chi connectivity index (χ1) is 11.7. The summed E-state index contributed by atoms with van der Waals surface area (Å²) in [7, 11) is 1.95. The molecule has 0 saturated carbocycles. The van der Waals surface area contributed by atoms with Gasteiger partial charge in [-0.3, -0.25) is 5.32 Å². The fourth-order valence-electron chi connectivity index (χ4n) is 2.55. The molecule has 0 atom stereocenters. The smallest absolute Gasteiger partial charge is 0.320 e. The Morgan fingerprint density at radius 1 is 1.25 bits per heavy atom. The number of hydrogen-bond donors (Lipinski definition) is 2. The fourth-order valence-corrected chi connectivity index (χ4v) is 2.55. The van der Waals surface area contributed by atoms with E-state index in [4.69, 9.17) is 0 Å². The number of aryl methyl sites for hydroxylation is 1. The van der Waals surface area contributed by atoms with Gasteiger partial charge in [-0.2, -0.15) is 9.61 Å². The van der Waals surface area contributed by atoms with Crippen LogP contribution in [-0.4, -0.2) is 30.2 Å². The van der Waals surface area contributed by atoms with Gasteiger partial charge in [-0.25, -0.2) is 14.8 Å². The van der Waals surface area contributed by atoms with Crippen LogP contribution < -0.4 is 10.6 Å². The van der Waals surface area contributed by atoms with Crippen LogP contribution in [0, 0.1) is 0 Å². The molecule has 120 valence electrons. The molecule has 8 heteroatoms. The number of nitrogens with one attached hydrogen (secondary N) is 2. The second kappa shape index (κ2) is 5.65. The molecular weight excluding hydrogens is 306 g/mol. The number of nitrogens with zero attached hydrogens (tertiary/aromatic N) is 5. The highest BCUT2D eigenvalue weighted by Crippen LogP contribution is 2.14. The minimum Gasteiger partial charge on any atom is -0.334 e. The Morgan fingerprint density at radius 3 is 3.08 bits per heavy atom. The third kappa shape index (κ3) is 2.54.